The highest BCUT2D eigenvalue weighted by molar-refractivity contribution is 5.06. The molecule has 1 fully saturated rings. The smallest absolute Gasteiger partial charge is 0.330 e. The van der Waals surface area contributed by atoms with E-state index in [0.29, 0.717) is 0 Å². The topological polar surface area (TPSA) is 128 Å². The Bertz CT molecular complexity index is 628. The van der Waals surface area contributed by atoms with Gasteiger partial charge in [0.1, 0.15) is 18.1 Å². The van der Waals surface area contributed by atoms with E-state index in [1.54, 1.807) is 0 Å². The van der Waals surface area contributed by atoms with Crippen molar-refractivity contribution in [3.63, 3.8) is 0 Å². The molecule has 1 aromatic heterocycles. The zero-order valence-corrected chi connectivity index (χ0v) is 10.1. The second kappa shape index (κ2) is 4.97. The van der Waals surface area contributed by atoms with Crippen molar-refractivity contribution in [1.29, 1.82) is 5.26 Å². The van der Waals surface area contributed by atoms with Gasteiger partial charge in [0.25, 0.3) is 5.56 Å². The van der Waals surface area contributed by atoms with Gasteiger partial charge in [-0.3, -0.25) is 14.3 Å². The SMILES string of the molecule is Cc1cn([C@@H]2O[C@H](CO)[C@@H](O)[C@@H]2C#N)c(=O)[nH]c1=O. The molecule has 0 saturated carbocycles. The van der Waals surface area contributed by atoms with Gasteiger partial charge in [-0.15, -0.1) is 0 Å². The Morgan fingerprint density at radius 2 is 2.26 bits per heavy atom. The van der Waals surface area contributed by atoms with E-state index in [1.165, 1.54) is 13.1 Å². The first-order valence-electron chi connectivity index (χ1n) is 5.65. The molecule has 3 N–H and O–H groups in total. The molecule has 2 rings (SSSR count). The molecule has 4 atom stereocenters. The van der Waals surface area contributed by atoms with Crippen molar-refractivity contribution in [3.05, 3.63) is 32.6 Å². The number of nitrogens with one attached hydrogen (secondary N) is 1. The van der Waals surface area contributed by atoms with Gasteiger partial charge in [-0.05, 0) is 6.92 Å². The Morgan fingerprint density at radius 1 is 1.58 bits per heavy atom. The van der Waals surface area contributed by atoms with Gasteiger partial charge in [-0.2, -0.15) is 5.26 Å². The molecular formula is C11H13N3O5. The molecule has 1 aromatic rings. The quantitative estimate of drug-likeness (QED) is 0.582. The minimum atomic E-state index is -1.20. The van der Waals surface area contributed by atoms with Crippen molar-refractivity contribution in [2.75, 3.05) is 6.61 Å². The largest absolute Gasteiger partial charge is 0.394 e. The normalized spacial score (nSPS) is 30.2. The number of hydrogen-bond donors (Lipinski definition) is 3. The molecule has 1 aliphatic heterocycles. The first-order chi connectivity index (χ1) is 8.99. The van der Waals surface area contributed by atoms with Gasteiger partial charge in [-0.1, -0.05) is 0 Å². The van der Waals surface area contributed by atoms with Crippen LogP contribution in [0.1, 0.15) is 11.8 Å². The molecule has 0 bridgehead atoms. The number of aliphatic hydroxyl groups excluding tert-OH is 2. The van der Waals surface area contributed by atoms with E-state index >= 15 is 0 Å². The van der Waals surface area contributed by atoms with Crippen LogP contribution in [-0.4, -0.2) is 38.6 Å². The molecule has 0 aromatic carbocycles. The van der Waals surface area contributed by atoms with E-state index in [-0.39, 0.29) is 5.56 Å². The lowest BCUT2D eigenvalue weighted by Gasteiger charge is -2.16. The number of H-pyrrole nitrogens is 1. The van der Waals surface area contributed by atoms with Crippen molar-refractivity contribution in [2.45, 2.75) is 25.4 Å². The van der Waals surface area contributed by atoms with Gasteiger partial charge < -0.3 is 14.9 Å². The highest BCUT2D eigenvalue weighted by Gasteiger charge is 2.45. The summed E-state index contributed by atoms with van der Waals surface area (Å²) in [7, 11) is 0. The number of hydrogen-bond acceptors (Lipinski definition) is 6. The molecule has 0 aliphatic carbocycles. The summed E-state index contributed by atoms with van der Waals surface area (Å²) in [5.74, 6) is -1.000. The van der Waals surface area contributed by atoms with Crippen LogP contribution in [0.2, 0.25) is 0 Å². The fourth-order valence-electron chi connectivity index (χ4n) is 2.05. The number of aromatic nitrogens is 2. The lowest BCUT2D eigenvalue weighted by molar-refractivity contribution is -0.0470. The molecular weight excluding hydrogens is 254 g/mol. The number of ether oxygens (including phenoxy) is 1. The summed E-state index contributed by atoms with van der Waals surface area (Å²) in [6.07, 6.45) is -1.91. The first kappa shape index (κ1) is 13.5. The Morgan fingerprint density at radius 3 is 2.84 bits per heavy atom. The van der Waals surface area contributed by atoms with Crippen LogP contribution in [0.15, 0.2) is 15.8 Å². The van der Waals surface area contributed by atoms with E-state index in [9.17, 15) is 14.7 Å². The molecule has 1 aliphatic rings. The maximum Gasteiger partial charge on any atom is 0.330 e. The van der Waals surface area contributed by atoms with E-state index in [1.807, 2.05) is 6.07 Å². The van der Waals surface area contributed by atoms with Crippen LogP contribution in [0.25, 0.3) is 0 Å². The van der Waals surface area contributed by atoms with Gasteiger partial charge in [-0.25, -0.2) is 4.79 Å². The van der Waals surface area contributed by atoms with E-state index in [2.05, 4.69) is 4.98 Å². The summed E-state index contributed by atoms with van der Waals surface area (Å²) < 4.78 is 6.35. The monoisotopic (exact) mass is 267 g/mol. The van der Waals surface area contributed by atoms with Crippen LogP contribution in [0.5, 0.6) is 0 Å². The summed E-state index contributed by atoms with van der Waals surface area (Å²) in [6.45, 7) is 1.04. The van der Waals surface area contributed by atoms with Crippen LogP contribution in [-0.2, 0) is 4.74 Å². The third kappa shape index (κ3) is 2.19. The maximum absolute atomic E-state index is 11.7. The molecule has 19 heavy (non-hydrogen) atoms. The molecule has 102 valence electrons. The van der Waals surface area contributed by atoms with Crippen LogP contribution in [0.3, 0.4) is 0 Å². The summed E-state index contributed by atoms with van der Waals surface area (Å²) >= 11 is 0. The third-order valence-corrected chi connectivity index (χ3v) is 3.12. The van der Waals surface area contributed by atoms with Crippen LogP contribution in [0, 0.1) is 24.2 Å². The molecule has 0 unspecified atom stereocenters. The average molecular weight is 267 g/mol. The predicted molar refractivity (Wildman–Crippen MR) is 62.2 cm³/mol. The van der Waals surface area contributed by atoms with Gasteiger partial charge in [0.2, 0.25) is 0 Å². The summed E-state index contributed by atoms with van der Waals surface area (Å²) in [6, 6.07) is 1.85. The zero-order valence-electron chi connectivity index (χ0n) is 10.1. The Labute approximate surface area is 107 Å². The Balaban J connectivity index is 2.48. The van der Waals surface area contributed by atoms with Crippen molar-refractivity contribution in [2.24, 2.45) is 5.92 Å². The van der Waals surface area contributed by atoms with Crippen LogP contribution in [0.4, 0.5) is 0 Å². The number of rotatable bonds is 2. The fourth-order valence-corrected chi connectivity index (χ4v) is 2.05. The number of nitriles is 1. The minimum Gasteiger partial charge on any atom is -0.394 e. The minimum absolute atomic E-state index is 0.279. The maximum atomic E-state index is 11.7. The summed E-state index contributed by atoms with van der Waals surface area (Å²) in [5.41, 5.74) is -0.972. The van der Waals surface area contributed by atoms with Gasteiger partial charge in [0.15, 0.2) is 6.23 Å². The molecule has 0 radical (unpaired) electrons. The second-order valence-electron chi connectivity index (χ2n) is 4.37. The average Bonchev–Trinajstić information content (AvgIpc) is 2.70. The van der Waals surface area contributed by atoms with Gasteiger partial charge >= 0.3 is 5.69 Å². The zero-order chi connectivity index (χ0) is 14.2. The molecule has 8 heteroatoms. The summed E-state index contributed by atoms with van der Waals surface area (Å²) in [4.78, 5) is 25.1. The second-order valence-corrected chi connectivity index (χ2v) is 4.37. The van der Waals surface area contributed by atoms with Crippen molar-refractivity contribution < 1.29 is 14.9 Å². The van der Waals surface area contributed by atoms with Crippen molar-refractivity contribution in [1.82, 2.24) is 9.55 Å². The molecule has 1 saturated heterocycles. The van der Waals surface area contributed by atoms with Crippen LogP contribution < -0.4 is 11.2 Å². The molecule has 2 heterocycles. The van der Waals surface area contributed by atoms with E-state index in [4.69, 9.17) is 15.1 Å². The fraction of sp³-hybridized carbons (Fsp3) is 0.545. The number of aromatic amines is 1. The van der Waals surface area contributed by atoms with Gasteiger partial charge in [0, 0.05) is 11.8 Å². The van der Waals surface area contributed by atoms with E-state index < -0.39 is 42.2 Å². The highest BCUT2D eigenvalue weighted by Crippen LogP contribution is 2.33. The molecule has 0 amide bonds. The Hall–Kier alpha value is -1.95. The molecule has 0 spiro atoms. The number of aliphatic hydroxyl groups is 2. The standard InChI is InChI=1S/C11H13N3O5/c1-5-3-14(11(18)13-9(5)17)10-6(2-12)8(16)7(4-15)19-10/h3,6-8,10,15-16H,4H2,1H3,(H,13,17,18)/t6-,7+,8-,10+/m0/s1. The molecule has 8 nitrogen and oxygen atoms in total. The van der Waals surface area contributed by atoms with Crippen molar-refractivity contribution >= 4 is 0 Å². The van der Waals surface area contributed by atoms with Crippen LogP contribution >= 0.6 is 0 Å². The lowest BCUT2D eigenvalue weighted by atomic mass is 10.0. The lowest BCUT2D eigenvalue weighted by Crippen LogP contribution is -2.35. The third-order valence-electron chi connectivity index (χ3n) is 3.12. The Kier molecular flexibility index (Phi) is 3.53. The highest BCUT2D eigenvalue weighted by atomic mass is 16.5. The predicted octanol–water partition coefficient (Wildman–Crippen LogP) is -1.76. The summed E-state index contributed by atoms with van der Waals surface area (Å²) in [5, 5.41) is 27.9. The van der Waals surface area contributed by atoms with E-state index in [0.717, 1.165) is 4.57 Å². The number of nitrogens with zero attached hydrogens (tertiary/aromatic N) is 2. The number of aryl methyl sites for hydroxylation is 1. The van der Waals surface area contributed by atoms with Gasteiger partial charge in [0.05, 0.1) is 12.7 Å². The van der Waals surface area contributed by atoms with Crippen molar-refractivity contribution in [3.8, 4) is 6.07 Å². The first-order valence-corrected chi connectivity index (χ1v) is 5.65.